The van der Waals surface area contributed by atoms with Crippen molar-refractivity contribution < 1.29 is 17.9 Å². The molecule has 0 radical (unpaired) electrons. The molecule has 2 aliphatic rings. The highest BCUT2D eigenvalue weighted by Crippen LogP contribution is 2.26. The van der Waals surface area contributed by atoms with Crippen LogP contribution in [0.2, 0.25) is 0 Å². The minimum absolute atomic E-state index is 0.0535. The Morgan fingerprint density at radius 2 is 1.93 bits per heavy atom. The molecule has 0 aromatic heterocycles. The Hall–Kier alpha value is -1.74. The van der Waals surface area contributed by atoms with E-state index in [-0.39, 0.29) is 29.0 Å². The van der Waals surface area contributed by atoms with Gasteiger partial charge in [0.25, 0.3) is 5.91 Å². The number of benzene rings is 2. The molecule has 1 aliphatic carbocycles. The molecule has 1 amide bonds. The van der Waals surface area contributed by atoms with Crippen LogP contribution in [0.25, 0.3) is 0 Å². The fraction of sp³-hybridized carbons (Fsp3) is 0.381. The summed E-state index contributed by atoms with van der Waals surface area (Å²) in [5, 5.41) is 2.88. The Bertz CT molecular complexity index is 1030. The predicted octanol–water partition coefficient (Wildman–Crippen LogP) is 3.65. The maximum absolute atomic E-state index is 12.8. The standard InChI is InChI=1S/C21H23BrN2O4S/c22-20-9-8-18(29(26,27)23-13-17-5-2-10-28-17)12-19(20)21(25)24-16-7-6-14-3-1-4-15(14)11-16/h6-9,11-12,17,23H,1-5,10,13H2,(H,24,25)/t17-/m0/s1. The second-order valence-electron chi connectivity index (χ2n) is 7.42. The quantitative estimate of drug-likeness (QED) is 0.663. The zero-order valence-electron chi connectivity index (χ0n) is 15.9. The lowest BCUT2D eigenvalue weighted by Gasteiger charge is -2.13. The number of amides is 1. The topological polar surface area (TPSA) is 84.5 Å². The van der Waals surface area contributed by atoms with Gasteiger partial charge in [0.05, 0.1) is 16.6 Å². The summed E-state index contributed by atoms with van der Waals surface area (Å²) in [6.07, 6.45) is 4.93. The molecule has 0 bridgehead atoms. The third kappa shape index (κ3) is 4.71. The highest BCUT2D eigenvalue weighted by atomic mass is 79.9. The van der Waals surface area contributed by atoms with Gasteiger partial charge in [-0.3, -0.25) is 4.79 Å². The van der Waals surface area contributed by atoms with Crippen molar-refractivity contribution in [3.8, 4) is 0 Å². The number of aryl methyl sites for hydroxylation is 2. The number of nitrogens with one attached hydrogen (secondary N) is 2. The van der Waals surface area contributed by atoms with Crippen LogP contribution in [0.5, 0.6) is 0 Å². The highest BCUT2D eigenvalue weighted by molar-refractivity contribution is 9.10. The summed E-state index contributed by atoms with van der Waals surface area (Å²) < 4.78 is 33.9. The largest absolute Gasteiger partial charge is 0.377 e. The van der Waals surface area contributed by atoms with E-state index in [1.165, 1.54) is 23.3 Å². The van der Waals surface area contributed by atoms with Crippen molar-refractivity contribution in [1.29, 1.82) is 0 Å². The minimum Gasteiger partial charge on any atom is -0.377 e. The fourth-order valence-electron chi connectivity index (χ4n) is 3.78. The van der Waals surface area contributed by atoms with Crippen molar-refractivity contribution >= 4 is 37.5 Å². The molecule has 1 atom stereocenters. The van der Waals surface area contributed by atoms with Crippen LogP contribution < -0.4 is 10.0 Å². The van der Waals surface area contributed by atoms with Crippen molar-refractivity contribution in [1.82, 2.24) is 4.72 Å². The highest BCUT2D eigenvalue weighted by Gasteiger charge is 2.22. The summed E-state index contributed by atoms with van der Waals surface area (Å²) in [5.41, 5.74) is 3.57. The molecule has 2 N–H and O–H groups in total. The summed E-state index contributed by atoms with van der Waals surface area (Å²) in [7, 11) is -3.73. The number of fused-ring (bicyclic) bond motifs is 1. The van der Waals surface area contributed by atoms with Crippen LogP contribution in [-0.2, 0) is 27.6 Å². The van der Waals surface area contributed by atoms with Gasteiger partial charge < -0.3 is 10.1 Å². The Morgan fingerprint density at radius 1 is 1.10 bits per heavy atom. The van der Waals surface area contributed by atoms with Gasteiger partial charge in [0, 0.05) is 23.3 Å². The number of carbonyl (C=O) groups excluding carboxylic acids is 1. The van der Waals surface area contributed by atoms with Gasteiger partial charge in [0.1, 0.15) is 0 Å². The van der Waals surface area contributed by atoms with E-state index in [0.29, 0.717) is 16.8 Å². The zero-order chi connectivity index (χ0) is 20.4. The number of ether oxygens (including phenoxy) is 1. The fourth-order valence-corrected chi connectivity index (χ4v) is 5.30. The molecule has 0 spiro atoms. The number of halogens is 1. The molecule has 2 aromatic carbocycles. The average molecular weight is 479 g/mol. The van der Waals surface area contributed by atoms with Gasteiger partial charge in [-0.1, -0.05) is 6.07 Å². The van der Waals surface area contributed by atoms with Crippen molar-refractivity contribution in [2.24, 2.45) is 0 Å². The van der Waals surface area contributed by atoms with E-state index >= 15 is 0 Å². The molecule has 154 valence electrons. The molecular formula is C21H23BrN2O4S. The van der Waals surface area contributed by atoms with Gasteiger partial charge in [-0.05, 0) is 89.5 Å². The van der Waals surface area contributed by atoms with Crippen molar-refractivity contribution in [3.63, 3.8) is 0 Å². The first-order valence-corrected chi connectivity index (χ1v) is 12.0. The summed E-state index contributed by atoms with van der Waals surface area (Å²) >= 11 is 3.36. The number of carbonyl (C=O) groups is 1. The lowest BCUT2D eigenvalue weighted by molar-refractivity contribution is 0.102. The second kappa shape index (κ2) is 8.55. The Morgan fingerprint density at radius 3 is 2.72 bits per heavy atom. The number of sulfonamides is 1. The second-order valence-corrected chi connectivity index (χ2v) is 10.0. The van der Waals surface area contributed by atoms with Gasteiger partial charge in [-0.15, -0.1) is 0 Å². The van der Waals surface area contributed by atoms with Crippen molar-refractivity contribution in [3.05, 3.63) is 57.6 Å². The Kier molecular flexibility index (Phi) is 6.06. The van der Waals surface area contributed by atoms with E-state index in [1.54, 1.807) is 6.07 Å². The first kappa shape index (κ1) is 20.5. The van der Waals surface area contributed by atoms with Crippen LogP contribution in [0, 0.1) is 0 Å². The number of anilines is 1. The maximum Gasteiger partial charge on any atom is 0.256 e. The Labute approximate surface area is 179 Å². The molecule has 2 aromatic rings. The predicted molar refractivity (Wildman–Crippen MR) is 115 cm³/mol. The first-order valence-electron chi connectivity index (χ1n) is 9.76. The zero-order valence-corrected chi connectivity index (χ0v) is 18.3. The molecule has 1 saturated heterocycles. The Balaban J connectivity index is 1.50. The third-order valence-electron chi connectivity index (χ3n) is 5.37. The van der Waals surface area contributed by atoms with Gasteiger partial charge in [-0.25, -0.2) is 13.1 Å². The van der Waals surface area contributed by atoms with E-state index in [9.17, 15) is 13.2 Å². The van der Waals surface area contributed by atoms with Gasteiger partial charge in [0.2, 0.25) is 10.0 Å². The van der Waals surface area contributed by atoms with E-state index < -0.39 is 10.0 Å². The van der Waals surface area contributed by atoms with Crippen LogP contribution >= 0.6 is 15.9 Å². The first-order chi connectivity index (χ1) is 13.9. The lowest BCUT2D eigenvalue weighted by Crippen LogP contribution is -2.32. The molecule has 0 saturated carbocycles. The van der Waals surface area contributed by atoms with Gasteiger partial charge in [0.15, 0.2) is 0 Å². The number of hydrogen-bond donors (Lipinski definition) is 2. The average Bonchev–Trinajstić information content (AvgIpc) is 3.38. The summed E-state index contributed by atoms with van der Waals surface area (Å²) in [6, 6.07) is 10.4. The van der Waals surface area contributed by atoms with Crippen LogP contribution in [0.15, 0.2) is 45.8 Å². The van der Waals surface area contributed by atoms with Crippen LogP contribution in [0.4, 0.5) is 5.69 Å². The van der Waals surface area contributed by atoms with E-state index in [2.05, 4.69) is 26.0 Å². The lowest BCUT2D eigenvalue weighted by atomic mass is 10.1. The number of hydrogen-bond acceptors (Lipinski definition) is 4. The third-order valence-corrected chi connectivity index (χ3v) is 7.49. The summed E-state index contributed by atoms with van der Waals surface area (Å²) in [5.74, 6) is -0.356. The summed E-state index contributed by atoms with van der Waals surface area (Å²) in [4.78, 5) is 12.9. The molecule has 4 rings (SSSR count). The van der Waals surface area contributed by atoms with Gasteiger partial charge >= 0.3 is 0 Å². The minimum atomic E-state index is -3.73. The van der Waals surface area contributed by atoms with Crippen LogP contribution in [0.1, 0.15) is 40.7 Å². The normalized spacial score (nSPS) is 18.6. The maximum atomic E-state index is 12.8. The van der Waals surface area contributed by atoms with Crippen LogP contribution in [-0.4, -0.2) is 33.6 Å². The van der Waals surface area contributed by atoms with Gasteiger partial charge in [-0.2, -0.15) is 0 Å². The molecule has 0 unspecified atom stereocenters. The number of rotatable bonds is 6. The molecule has 6 nitrogen and oxygen atoms in total. The van der Waals surface area contributed by atoms with E-state index in [0.717, 1.165) is 32.1 Å². The summed E-state index contributed by atoms with van der Waals surface area (Å²) in [6.45, 7) is 0.896. The van der Waals surface area contributed by atoms with E-state index in [1.807, 2.05) is 18.2 Å². The molecule has 29 heavy (non-hydrogen) atoms. The van der Waals surface area contributed by atoms with E-state index in [4.69, 9.17) is 4.74 Å². The van der Waals surface area contributed by atoms with Crippen LogP contribution in [0.3, 0.4) is 0 Å². The molecule has 1 aliphatic heterocycles. The molecule has 1 fully saturated rings. The SMILES string of the molecule is O=C(Nc1ccc2c(c1)CCC2)c1cc(S(=O)(=O)NC[C@@H]2CCCO2)ccc1Br. The molecule has 8 heteroatoms. The monoisotopic (exact) mass is 478 g/mol. The molecular weight excluding hydrogens is 456 g/mol. The molecule has 1 heterocycles. The van der Waals surface area contributed by atoms with Crippen molar-refractivity contribution in [2.75, 3.05) is 18.5 Å². The smallest absolute Gasteiger partial charge is 0.256 e. The van der Waals surface area contributed by atoms with Crippen molar-refractivity contribution in [2.45, 2.75) is 43.1 Å².